The molecule has 1 aliphatic heterocycles. The van der Waals surface area contributed by atoms with Crippen molar-refractivity contribution in [1.29, 1.82) is 0 Å². The fourth-order valence-corrected chi connectivity index (χ4v) is 2.84. The van der Waals surface area contributed by atoms with E-state index < -0.39 is 18.1 Å². The van der Waals surface area contributed by atoms with E-state index in [9.17, 15) is 14.4 Å². The maximum atomic E-state index is 12.1. The molecule has 2 N–H and O–H groups in total. The lowest BCUT2D eigenvalue weighted by atomic mass is 10.1. The zero-order valence-corrected chi connectivity index (χ0v) is 12.5. The molecule has 2 fully saturated rings. The second-order valence-electron chi connectivity index (χ2n) is 5.93. The Kier molecular flexibility index (Phi) is 5.59. The number of ether oxygens (including phenoxy) is 1. The molecule has 1 aliphatic carbocycles. The van der Waals surface area contributed by atoms with Crippen molar-refractivity contribution in [1.82, 2.24) is 10.6 Å². The highest BCUT2D eigenvalue weighted by molar-refractivity contribution is 5.90. The van der Waals surface area contributed by atoms with E-state index in [4.69, 9.17) is 4.74 Å². The Labute approximate surface area is 125 Å². The van der Waals surface area contributed by atoms with Crippen molar-refractivity contribution < 1.29 is 19.1 Å². The van der Waals surface area contributed by atoms with Gasteiger partial charge in [-0.25, -0.2) is 4.79 Å². The molecule has 21 heavy (non-hydrogen) atoms. The molecule has 0 aromatic heterocycles. The smallest absolute Gasteiger partial charge is 0.329 e. The summed E-state index contributed by atoms with van der Waals surface area (Å²) in [5, 5.41) is 5.50. The predicted molar refractivity (Wildman–Crippen MR) is 76.4 cm³/mol. The van der Waals surface area contributed by atoms with Gasteiger partial charge in [0.25, 0.3) is 5.91 Å². The van der Waals surface area contributed by atoms with Crippen molar-refractivity contribution in [2.45, 2.75) is 76.5 Å². The van der Waals surface area contributed by atoms with Gasteiger partial charge in [-0.05, 0) is 26.2 Å². The van der Waals surface area contributed by atoms with Crippen LogP contribution in [-0.2, 0) is 19.1 Å². The molecule has 2 aliphatic rings. The fourth-order valence-electron chi connectivity index (χ4n) is 2.84. The number of nitrogens with one attached hydrogen (secondary N) is 2. The zero-order valence-electron chi connectivity index (χ0n) is 12.5. The Morgan fingerprint density at radius 2 is 1.86 bits per heavy atom. The minimum absolute atomic E-state index is 0.146. The summed E-state index contributed by atoms with van der Waals surface area (Å²) < 4.78 is 5.15. The van der Waals surface area contributed by atoms with Crippen LogP contribution in [0.2, 0.25) is 0 Å². The van der Waals surface area contributed by atoms with Gasteiger partial charge >= 0.3 is 5.97 Å². The summed E-state index contributed by atoms with van der Waals surface area (Å²) in [6, 6.07) is -0.419. The first kappa shape index (κ1) is 15.8. The monoisotopic (exact) mass is 296 g/mol. The van der Waals surface area contributed by atoms with Crippen LogP contribution in [0, 0.1) is 0 Å². The van der Waals surface area contributed by atoms with Crippen molar-refractivity contribution in [3.8, 4) is 0 Å². The van der Waals surface area contributed by atoms with Gasteiger partial charge in [0, 0.05) is 12.5 Å². The van der Waals surface area contributed by atoms with E-state index in [1.807, 2.05) is 0 Å². The maximum absolute atomic E-state index is 12.1. The summed E-state index contributed by atoms with van der Waals surface area (Å²) in [4.78, 5) is 35.0. The second-order valence-corrected chi connectivity index (χ2v) is 5.93. The molecular weight excluding hydrogens is 272 g/mol. The quantitative estimate of drug-likeness (QED) is 0.599. The Hall–Kier alpha value is -1.59. The second kappa shape index (κ2) is 7.43. The van der Waals surface area contributed by atoms with Gasteiger partial charge < -0.3 is 15.4 Å². The molecule has 118 valence electrons. The molecule has 1 saturated heterocycles. The summed E-state index contributed by atoms with van der Waals surface area (Å²) >= 11 is 0. The predicted octanol–water partition coefficient (Wildman–Crippen LogP) is 1.04. The number of hydrogen-bond acceptors (Lipinski definition) is 4. The Bertz CT molecular complexity index is 402. The molecule has 0 bridgehead atoms. The molecule has 0 aromatic rings. The Morgan fingerprint density at radius 3 is 2.43 bits per heavy atom. The highest BCUT2D eigenvalue weighted by Gasteiger charge is 2.31. The maximum Gasteiger partial charge on any atom is 0.329 e. The van der Waals surface area contributed by atoms with Crippen molar-refractivity contribution >= 4 is 17.8 Å². The molecule has 1 saturated carbocycles. The van der Waals surface area contributed by atoms with Crippen LogP contribution < -0.4 is 10.6 Å². The van der Waals surface area contributed by atoms with E-state index in [2.05, 4.69) is 10.6 Å². The number of carbonyl (C=O) groups excluding carboxylic acids is 3. The third-order valence-electron chi connectivity index (χ3n) is 4.14. The molecule has 6 nitrogen and oxygen atoms in total. The van der Waals surface area contributed by atoms with Crippen molar-refractivity contribution in [2.75, 3.05) is 0 Å². The minimum atomic E-state index is -0.821. The average Bonchev–Trinajstić information content (AvgIpc) is 2.72. The largest absolute Gasteiger partial charge is 0.451 e. The van der Waals surface area contributed by atoms with Crippen molar-refractivity contribution in [2.24, 2.45) is 0 Å². The molecule has 2 atom stereocenters. The third-order valence-corrected chi connectivity index (χ3v) is 4.14. The molecule has 2 amide bonds. The van der Waals surface area contributed by atoms with Crippen molar-refractivity contribution in [3.63, 3.8) is 0 Å². The number of rotatable bonds is 4. The summed E-state index contributed by atoms with van der Waals surface area (Å²) in [7, 11) is 0. The topological polar surface area (TPSA) is 84.5 Å². The number of amides is 2. The molecule has 0 unspecified atom stereocenters. The van der Waals surface area contributed by atoms with Crippen LogP contribution in [0.3, 0.4) is 0 Å². The summed E-state index contributed by atoms with van der Waals surface area (Å²) in [6.45, 7) is 1.57. The Morgan fingerprint density at radius 1 is 1.19 bits per heavy atom. The van der Waals surface area contributed by atoms with Crippen LogP contribution >= 0.6 is 0 Å². The number of hydrogen-bond donors (Lipinski definition) is 2. The zero-order chi connectivity index (χ0) is 15.2. The molecule has 2 rings (SSSR count). The SMILES string of the molecule is C[C@H](OC(=O)[C@@H]1CCC(=O)N1)C(=O)NC1CCCCCC1. The van der Waals surface area contributed by atoms with E-state index in [-0.39, 0.29) is 17.9 Å². The van der Waals surface area contributed by atoms with E-state index in [0.29, 0.717) is 12.8 Å². The van der Waals surface area contributed by atoms with E-state index in [1.54, 1.807) is 6.92 Å². The van der Waals surface area contributed by atoms with Gasteiger partial charge in [-0.2, -0.15) is 0 Å². The Balaban J connectivity index is 1.76. The first-order valence-electron chi connectivity index (χ1n) is 7.86. The molecule has 0 radical (unpaired) electrons. The molecule has 1 heterocycles. The first-order valence-corrected chi connectivity index (χ1v) is 7.86. The molecule has 0 aromatic carbocycles. The lowest BCUT2D eigenvalue weighted by molar-refractivity contribution is -0.157. The van der Waals surface area contributed by atoms with Crippen molar-refractivity contribution in [3.05, 3.63) is 0 Å². The average molecular weight is 296 g/mol. The molecular formula is C15H24N2O4. The van der Waals surface area contributed by atoms with Crippen LogP contribution in [-0.4, -0.2) is 36.0 Å². The standard InChI is InChI=1S/C15H24N2O4/c1-10(21-15(20)12-8-9-13(18)17-12)14(19)16-11-6-4-2-3-5-7-11/h10-12H,2-9H2,1H3,(H,16,19)(H,17,18)/t10-,12-/m0/s1. The van der Waals surface area contributed by atoms with Gasteiger partial charge in [0.2, 0.25) is 5.91 Å². The summed E-state index contributed by atoms with van der Waals surface area (Å²) in [6.07, 6.45) is 6.64. The lowest BCUT2D eigenvalue weighted by Gasteiger charge is -2.20. The minimum Gasteiger partial charge on any atom is -0.451 e. The van der Waals surface area contributed by atoms with Gasteiger partial charge in [0.05, 0.1) is 0 Å². The summed E-state index contributed by atoms with van der Waals surface area (Å²) in [5.41, 5.74) is 0. The van der Waals surface area contributed by atoms with E-state index >= 15 is 0 Å². The van der Waals surface area contributed by atoms with Gasteiger partial charge in [-0.1, -0.05) is 25.7 Å². The summed E-state index contributed by atoms with van der Waals surface area (Å²) in [5.74, 6) is -0.920. The molecule has 6 heteroatoms. The molecule has 0 spiro atoms. The highest BCUT2D eigenvalue weighted by Crippen LogP contribution is 2.17. The number of esters is 1. The highest BCUT2D eigenvalue weighted by atomic mass is 16.5. The first-order chi connectivity index (χ1) is 10.1. The van der Waals surface area contributed by atoms with E-state index in [1.165, 1.54) is 12.8 Å². The fraction of sp³-hybridized carbons (Fsp3) is 0.800. The van der Waals surface area contributed by atoms with Crippen LogP contribution in [0.1, 0.15) is 58.3 Å². The van der Waals surface area contributed by atoms with Crippen LogP contribution in [0.4, 0.5) is 0 Å². The van der Waals surface area contributed by atoms with Crippen LogP contribution in [0.15, 0.2) is 0 Å². The van der Waals surface area contributed by atoms with Gasteiger partial charge in [0.1, 0.15) is 6.04 Å². The van der Waals surface area contributed by atoms with E-state index in [0.717, 1.165) is 25.7 Å². The van der Waals surface area contributed by atoms with Crippen LogP contribution in [0.25, 0.3) is 0 Å². The number of carbonyl (C=O) groups is 3. The van der Waals surface area contributed by atoms with Gasteiger partial charge in [-0.3, -0.25) is 9.59 Å². The third kappa shape index (κ3) is 4.72. The van der Waals surface area contributed by atoms with Gasteiger partial charge in [-0.15, -0.1) is 0 Å². The van der Waals surface area contributed by atoms with Crippen LogP contribution in [0.5, 0.6) is 0 Å². The normalized spacial score (nSPS) is 24.8. The van der Waals surface area contributed by atoms with Gasteiger partial charge in [0.15, 0.2) is 6.10 Å². The lowest BCUT2D eigenvalue weighted by Crippen LogP contribution is -2.44.